The van der Waals surface area contributed by atoms with Crippen LogP contribution in [0.4, 0.5) is 13.2 Å². The van der Waals surface area contributed by atoms with Crippen LogP contribution in [0.25, 0.3) is 0 Å². The van der Waals surface area contributed by atoms with Gasteiger partial charge in [0.05, 0.1) is 0 Å². The van der Waals surface area contributed by atoms with Crippen molar-refractivity contribution in [2.75, 3.05) is 6.54 Å². The molecule has 0 spiro atoms. The molecular formula is C10H8F3NO. The van der Waals surface area contributed by atoms with Crippen molar-refractivity contribution in [2.24, 2.45) is 0 Å². The van der Waals surface area contributed by atoms with Gasteiger partial charge in [-0.15, -0.1) is 13.2 Å². The number of amides is 1. The van der Waals surface area contributed by atoms with E-state index in [4.69, 9.17) is 0 Å². The smallest absolute Gasteiger partial charge is 0.269 e. The highest BCUT2D eigenvalue weighted by Crippen LogP contribution is 2.28. The minimum absolute atomic E-state index is 0.0463. The van der Waals surface area contributed by atoms with E-state index in [-0.39, 0.29) is 23.4 Å². The molecule has 0 N–H and O–H groups in total. The van der Waals surface area contributed by atoms with E-state index in [2.05, 4.69) is 0 Å². The highest BCUT2D eigenvalue weighted by Gasteiger charge is 2.43. The molecule has 0 atom stereocenters. The van der Waals surface area contributed by atoms with E-state index in [9.17, 15) is 18.0 Å². The minimum Gasteiger partial charge on any atom is -0.269 e. The summed E-state index contributed by atoms with van der Waals surface area (Å²) in [5.41, 5.74) is 0.837. The summed E-state index contributed by atoms with van der Waals surface area (Å²) in [5, 5.41) is 0. The first-order valence-electron chi connectivity index (χ1n) is 4.47. The molecule has 1 aromatic carbocycles. The zero-order chi connectivity index (χ0) is 11.1. The fourth-order valence-corrected chi connectivity index (χ4v) is 1.67. The lowest BCUT2D eigenvalue weighted by Gasteiger charge is -2.29. The Morgan fingerprint density at radius 2 is 1.87 bits per heavy atom. The van der Waals surface area contributed by atoms with Crippen molar-refractivity contribution in [3.05, 3.63) is 35.4 Å². The van der Waals surface area contributed by atoms with Gasteiger partial charge in [-0.3, -0.25) is 4.79 Å². The molecule has 1 aliphatic rings. The zero-order valence-corrected chi connectivity index (χ0v) is 7.71. The molecule has 0 fully saturated rings. The molecule has 0 saturated carbocycles. The molecule has 2 rings (SSSR count). The van der Waals surface area contributed by atoms with Gasteiger partial charge in [0, 0.05) is 12.1 Å². The van der Waals surface area contributed by atoms with Crippen molar-refractivity contribution in [3.8, 4) is 0 Å². The largest absolute Gasteiger partial charge is 0.487 e. The van der Waals surface area contributed by atoms with Crippen LogP contribution in [-0.4, -0.2) is 23.7 Å². The number of fused-ring (bicyclic) bond motifs is 1. The molecule has 0 unspecified atom stereocenters. The van der Waals surface area contributed by atoms with Crippen LogP contribution in [0.5, 0.6) is 0 Å². The Morgan fingerprint density at radius 1 is 1.20 bits per heavy atom. The van der Waals surface area contributed by atoms with Crippen molar-refractivity contribution >= 4 is 5.91 Å². The normalized spacial score (nSPS) is 16.5. The minimum atomic E-state index is -4.58. The van der Waals surface area contributed by atoms with Gasteiger partial charge in [-0.05, 0) is 18.1 Å². The standard InChI is InChI=1S/C10H8F3NO/c11-10(12,13)14-6-5-7-3-1-2-4-8(7)9(14)15/h1-4H,5-6H2. The molecule has 0 aromatic heterocycles. The van der Waals surface area contributed by atoms with Crippen LogP contribution < -0.4 is 0 Å². The lowest BCUT2D eigenvalue weighted by molar-refractivity contribution is -0.225. The lowest BCUT2D eigenvalue weighted by atomic mass is 9.99. The summed E-state index contributed by atoms with van der Waals surface area (Å²) in [6.07, 6.45) is -4.33. The van der Waals surface area contributed by atoms with E-state index < -0.39 is 12.2 Å². The number of benzene rings is 1. The molecule has 0 aliphatic carbocycles. The molecule has 1 aliphatic heterocycles. The van der Waals surface area contributed by atoms with Gasteiger partial charge in [-0.25, -0.2) is 4.90 Å². The van der Waals surface area contributed by atoms with Crippen molar-refractivity contribution in [1.29, 1.82) is 0 Å². The average molecular weight is 215 g/mol. The summed E-state index contributed by atoms with van der Waals surface area (Å²) >= 11 is 0. The number of hydrogen-bond acceptors (Lipinski definition) is 1. The predicted molar refractivity (Wildman–Crippen MR) is 47.2 cm³/mol. The quantitative estimate of drug-likeness (QED) is 0.607. The Balaban J connectivity index is 2.38. The third-order valence-corrected chi connectivity index (χ3v) is 2.40. The fourth-order valence-electron chi connectivity index (χ4n) is 1.67. The number of carbonyl (C=O) groups excluding carboxylic acids is 1. The first-order chi connectivity index (χ1) is 7.00. The van der Waals surface area contributed by atoms with Crippen LogP contribution in [0.15, 0.2) is 24.3 Å². The highest BCUT2D eigenvalue weighted by molar-refractivity contribution is 5.96. The summed E-state index contributed by atoms with van der Waals surface area (Å²) in [6.45, 7) is -0.292. The Kier molecular flexibility index (Phi) is 2.17. The summed E-state index contributed by atoms with van der Waals surface area (Å²) in [7, 11) is 0. The summed E-state index contributed by atoms with van der Waals surface area (Å²) in [4.78, 5) is 11.4. The topological polar surface area (TPSA) is 20.3 Å². The third-order valence-electron chi connectivity index (χ3n) is 2.40. The van der Waals surface area contributed by atoms with Gasteiger partial charge in [0.25, 0.3) is 5.91 Å². The molecular weight excluding hydrogens is 207 g/mol. The second-order valence-corrected chi connectivity index (χ2v) is 3.33. The van der Waals surface area contributed by atoms with Crippen LogP contribution in [0.1, 0.15) is 15.9 Å². The Hall–Kier alpha value is -1.52. The maximum atomic E-state index is 12.4. The van der Waals surface area contributed by atoms with Gasteiger partial charge >= 0.3 is 6.30 Å². The van der Waals surface area contributed by atoms with Crippen molar-refractivity contribution in [2.45, 2.75) is 12.7 Å². The number of alkyl halides is 3. The molecule has 2 nitrogen and oxygen atoms in total. The molecule has 5 heteroatoms. The van der Waals surface area contributed by atoms with Crippen LogP contribution in [0.3, 0.4) is 0 Å². The van der Waals surface area contributed by atoms with Crippen molar-refractivity contribution in [1.82, 2.24) is 4.90 Å². The number of halogens is 3. The van der Waals surface area contributed by atoms with E-state index in [0.29, 0.717) is 5.56 Å². The van der Waals surface area contributed by atoms with E-state index in [1.165, 1.54) is 6.07 Å². The van der Waals surface area contributed by atoms with E-state index in [1.807, 2.05) is 0 Å². The van der Waals surface area contributed by atoms with Crippen LogP contribution in [-0.2, 0) is 6.42 Å². The number of rotatable bonds is 0. The van der Waals surface area contributed by atoms with Crippen molar-refractivity contribution in [3.63, 3.8) is 0 Å². The molecule has 1 aromatic rings. The maximum Gasteiger partial charge on any atom is 0.487 e. The first kappa shape index (κ1) is 10.0. The molecule has 0 bridgehead atoms. The van der Waals surface area contributed by atoms with Gasteiger partial charge < -0.3 is 0 Å². The fraction of sp³-hybridized carbons (Fsp3) is 0.300. The van der Waals surface area contributed by atoms with Gasteiger partial charge in [-0.2, -0.15) is 0 Å². The molecule has 0 saturated heterocycles. The number of carbonyl (C=O) groups is 1. The molecule has 80 valence electrons. The predicted octanol–water partition coefficient (Wildman–Crippen LogP) is 2.20. The van der Waals surface area contributed by atoms with E-state index in [0.717, 1.165) is 0 Å². The van der Waals surface area contributed by atoms with Gasteiger partial charge in [0.15, 0.2) is 0 Å². The maximum absolute atomic E-state index is 12.4. The molecule has 0 radical (unpaired) electrons. The monoisotopic (exact) mass is 215 g/mol. The van der Waals surface area contributed by atoms with E-state index in [1.54, 1.807) is 18.2 Å². The van der Waals surface area contributed by atoms with Gasteiger partial charge in [-0.1, -0.05) is 18.2 Å². The highest BCUT2D eigenvalue weighted by atomic mass is 19.4. The first-order valence-corrected chi connectivity index (χ1v) is 4.47. The van der Waals surface area contributed by atoms with Gasteiger partial charge in [0.2, 0.25) is 0 Å². The Bertz CT molecular complexity index is 400. The van der Waals surface area contributed by atoms with Crippen LogP contribution in [0.2, 0.25) is 0 Å². The molecule has 1 heterocycles. The number of nitrogens with zero attached hydrogens (tertiary/aromatic N) is 1. The molecule has 1 amide bonds. The van der Waals surface area contributed by atoms with E-state index >= 15 is 0 Å². The van der Waals surface area contributed by atoms with Crippen LogP contribution in [0, 0.1) is 0 Å². The summed E-state index contributed by atoms with van der Waals surface area (Å²) in [5.74, 6) is -0.954. The third kappa shape index (κ3) is 1.69. The van der Waals surface area contributed by atoms with Crippen LogP contribution >= 0.6 is 0 Å². The number of hydrogen-bond donors (Lipinski definition) is 0. The second-order valence-electron chi connectivity index (χ2n) is 3.33. The summed E-state index contributed by atoms with van der Waals surface area (Å²) < 4.78 is 37.2. The summed E-state index contributed by atoms with van der Waals surface area (Å²) in [6, 6.07) is 6.39. The molecule has 15 heavy (non-hydrogen) atoms. The Morgan fingerprint density at radius 3 is 2.53 bits per heavy atom. The lowest BCUT2D eigenvalue weighted by Crippen LogP contribution is -2.46. The SMILES string of the molecule is O=C1c2ccccc2CCN1C(F)(F)F. The van der Waals surface area contributed by atoms with Crippen molar-refractivity contribution < 1.29 is 18.0 Å². The van der Waals surface area contributed by atoms with Gasteiger partial charge in [0.1, 0.15) is 0 Å². The average Bonchev–Trinajstić information content (AvgIpc) is 2.16. The zero-order valence-electron chi connectivity index (χ0n) is 7.71. The Labute approximate surface area is 84.3 Å². The second kappa shape index (κ2) is 3.25.